The summed E-state index contributed by atoms with van der Waals surface area (Å²) in [5.74, 6) is -0.329. The van der Waals surface area contributed by atoms with Crippen molar-refractivity contribution in [1.82, 2.24) is 4.72 Å². The number of benzene rings is 1. The lowest BCUT2D eigenvalue weighted by Crippen LogP contribution is -2.26. The van der Waals surface area contributed by atoms with Gasteiger partial charge >= 0.3 is 0 Å². The summed E-state index contributed by atoms with van der Waals surface area (Å²) in [6.45, 7) is 3.59. The molecule has 9 heteroatoms. The molecule has 8 nitrogen and oxygen atoms in total. The van der Waals surface area contributed by atoms with E-state index in [4.69, 9.17) is 17.2 Å². The minimum absolute atomic E-state index is 0.110. The summed E-state index contributed by atoms with van der Waals surface area (Å²) in [5.41, 5.74) is 16.2. The molecule has 0 aliphatic heterocycles. The number of nitrogens with two attached hydrogens (primary N) is 3. The molecule has 0 aliphatic rings. The highest BCUT2D eigenvalue weighted by atomic mass is 32.2. The second kappa shape index (κ2) is 6.68. The molecule has 0 heterocycles. The van der Waals surface area contributed by atoms with Crippen molar-refractivity contribution in [3.05, 3.63) is 36.9 Å². The maximum Gasteiger partial charge on any atom is 0.240 e. The third-order valence-electron chi connectivity index (χ3n) is 2.05. The number of guanidine groups is 2. The van der Waals surface area contributed by atoms with Crippen molar-refractivity contribution in [2.75, 3.05) is 6.54 Å². The lowest BCUT2D eigenvalue weighted by Gasteiger charge is -2.04. The highest BCUT2D eigenvalue weighted by Gasteiger charge is 2.11. The van der Waals surface area contributed by atoms with Gasteiger partial charge in [-0.05, 0) is 24.3 Å². The summed E-state index contributed by atoms with van der Waals surface area (Å²) >= 11 is 0. The quantitative estimate of drug-likeness (QED) is 0.324. The van der Waals surface area contributed by atoms with Crippen molar-refractivity contribution in [1.29, 1.82) is 0 Å². The van der Waals surface area contributed by atoms with Gasteiger partial charge in [-0.25, -0.2) is 18.1 Å². The van der Waals surface area contributed by atoms with E-state index in [-0.39, 0.29) is 23.4 Å². The third-order valence-corrected chi connectivity index (χ3v) is 3.49. The summed E-state index contributed by atoms with van der Waals surface area (Å²) in [7, 11) is -3.56. The Morgan fingerprint density at radius 2 is 1.85 bits per heavy atom. The minimum atomic E-state index is -3.56. The Morgan fingerprint density at radius 1 is 1.25 bits per heavy atom. The lowest BCUT2D eigenvalue weighted by atomic mass is 10.3. The van der Waals surface area contributed by atoms with Gasteiger partial charge in [-0.15, -0.1) is 6.58 Å². The maximum absolute atomic E-state index is 11.8. The van der Waals surface area contributed by atoms with Gasteiger partial charge in [0.25, 0.3) is 0 Å². The standard InChI is InChI=1S/C11H16N6O2S/c1-2-7-15-20(18,19)9-5-3-8(4-6-9)16-11(14)17-10(12)13/h2-6,15H,1,7H2,(H6,12,13,14,16,17). The molecule has 0 saturated carbocycles. The van der Waals surface area contributed by atoms with Crippen LogP contribution in [-0.2, 0) is 10.0 Å². The summed E-state index contributed by atoms with van der Waals surface area (Å²) in [4.78, 5) is 7.55. The van der Waals surface area contributed by atoms with E-state index in [1.807, 2.05) is 0 Å². The normalized spacial score (nSPS) is 11.9. The van der Waals surface area contributed by atoms with Crippen LogP contribution in [0.3, 0.4) is 0 Å². The molecular formula is C11H16N6O2S. The summed E-state index contributed by atoms with van der Waals surface area (Å²) < 4.78 is 25.9. The van der Waals surface area contributed by atoms with E-state index in [2.05, 4.69) is 21.3 Å². The van der Waals surface area contributed by atoms with Gasteiger partial charge in [0.1, 0.15) is 0 Å². The topological polar surface area (TPSA) is 149 Å². The summed E-state index contributed by atoms with van der Waals surface area (Å²) in [6, 6.07) is 5.76. The van der Waals surface area contributed by atoms with Crippen LogP contribution in [0, 0.1) is 0 Å². The maximum atomic E-state index is 11.8. The van der Waals surface area contributed by atoms with Crippen molar-refractivity contribution < 1.29 is 8.42 Å². The van der Waals surface area contributed by atoms with E-state index in [1.54, 1.807) is 0 Å². The average Bonchev–Trinajstić information content (AvgIpc) is 2.36. The molecule has 1 aromatic rings. The van der Waals surface area contributed by atoms with Crippen molar-refractivity contribution in [2.45, 2.75) is 4.90 Å². The molecule has 7 N–H and O–H groups in total. The van der Waals surface area contributed by atoms with Crippen LogP contribution in [0.15, 0.2) is 51.8 Å². The Kier molecular flexibility index (Phi) is 5.23. The molecule has 1 rings (SSSR count). The van der Waals surface area contributed by atoms with Crippen LogP contribution in [0.25, 0.3) is 0 Å². The van der Waals surface area contributed by atoms with Crippen molar-refractivity contribution in [2.24, 2.45) is 27.2 Å². The van der Waals surface area contributed by atoms with Gasteiger partial charge in [0.15, 0.2) is 5.96 Å². The number of hydrogen-bond donors (Lipinski definition) is 4. The molecule has 0 amide bonds. The molecule has 0 unspecified atom stereocenters. The predicted molar refractivity (Wildman–Crippen MR) is 78.9 cm³/mol. The van der Waals surface area contributed by atoms with Crippen molar-refractivity contribution in [3.63, 3.8) is 0 Å². The SMILES string of the molecule is C=CCNS(=O)(=O)c1ccc(N=C(N)N=C(N)N)cc1. The first-order chi connectivity index (χ1) is 9.35. The first kappa shape index (κ1) is 15.7. The largest absolute Gasteiger partial charge is 0.370 e. The first-order valence-corrected chi connectivity index (χ1v) is 6.98. The molecule has 0 aliphatic carbocycles. The second-order valence-corrected chi connectivity index (χ2v) is 5.41. The van der Waals surface area contributed by atoms with E-state index >= 15 is 0 Å². The van der Waals surface area contributed by atoms with Gasteiger partial charge in [0.2, 0.25) is 16.0 Å². The molecule has 108 valence electrons. The molecule has 0 bridgehead atoms. The van der Waals surface area contributed by atoms with Gasteiger partial charge in [0.05, 0.1) is 10.6 Å². The third kappa shape index (κ3) is 4.71. The Bertz CT molecular complexity index is 629. The molecule has 0 atom stereocenters. The average molecular weight is 296 g/mol. The van der Waals surface area contributed by atoms with Gasteiger partial charge in [-0.2, -0.15) is 4.99 Å². The Balaban J connectivity index is 2.95. The molecule has 1 aromatic carbocycles. The molecule has 20 heavy (non-hydrogen) atoms. The first-order valence-electron chi connectivity index (χ1n) is 5.49. The fourth-order valence-electron chi connectivity index (χ4n) is 1.24. The van der Waals surface area contributed by atoms with Gasteiger partial charge in [-0.3, -0.25) is 0 Å². The van der Waals surface area contributed by atoms with Crippen molar-refractivity contribution in [3.8, 4) is 0 Å². The second-order valence-electron chi connectivity index (χ2n) is 3.64. The van der Waals surface area contributed by atoms with Crippen LogP contribution < -0.4 is 21.9 Å². The fraction of sp³-hybridized carbons (Fsp3) is 0.0909. The Hall–Kier alpha value is -2.39. The Morgan fingerprint density at radius 3 is 2.35 bits per heavy atom. The van der Waals surface area contributed by atoms with Crippen LogP contribution in [0.2, 0.25) is 0 Å². The van der Waals surface area contributed by atoms with Crippen molar-refractivity contribution >= 4 is 27.6 Å². The molecule has 0 radical (unpaired) electrons. The number of nitrogens with zero attached hydrogens (tertiary/aromatic N) is 2. The van der Waals surface area contributed by atoms with E-state index in [1.165, 1.54) is 30.3 Å². The van der Waals surface area contributed by atoms with E-state index < -0.39 is 10.0 Å². The van der Waals surface area contributed by atoms with E-state index in [0.717, 1.165) is 0 Å². The summed E-state index contributed by atoms with van der Waals surface area (Å²) in [5, 5.41) is 0. The summed E-state index contributed by atoms with van der Waals surface area (Å²) in [6.07, 6.45) is 1.45. The smallest absolute Gasteiger partial charge is 0.240 e. The molecule has 0 saturated heterocycles. The van der Waals surface area contributed by atoms with Crippen LogP contribution >= 0.6 is 0 Å². The zero-order chi connectivity index (χ0) is 15.2. The zero-order valence-corrected chi connectivity index (χ0v) is 11.5. The molecular weight excluding hydrogens is 280 g/mol. The highest BCUT2D eigenvalue weighted by molar-refractivity contribution is 7.89. The van der Waals surface area contributed by atoms with E-state index in [9.17, 15) is 8.42 Å². The van der Waals surface area contributed by atoms with Crippen LogP contribution in [0.5, 0.6) is 0 Å². The minimum Gasteiger partial charge on any atom is -0.370 e. The Labute approximate surface area is 117 Å². The monoisotopic (exact) mass is 296 g/mol. The van der Waals surface area contributed by atoms with Gasteiger partial charge in [0, 0.05) is 6.54 Å². The molecule has 0 aromatic heterocycles. The number of rotatable bonds is 5. The van der Waals surface area contributed by atoms with Gasteiger partial charge < -0.3 is 17.2 Å². The predicted octanol–water partition coefficient (Wildman–Crippen LogP) is -0.629. The van der Waals surface area contributed by atoms with E-state index in [0.29, 0.717) is 5.69 Å². The fourth-order valence-corrected chi connectivity index (χ4v) is 2.24. The number of hydrogen-bond acceptors (Lipinski definition) is 3. The van der Waals surface area contributed by atoms with Gasteiger partial charge in [-0.1, -0.05) is 6.08 Å². The van der Waals surface area contributed by atoms with Crippen LogP contribution in [0.1, 0.15) is 0 Å². The molecule has 0 spiro atoms. The highest BCUT2D eigenvalue weighted by Crippen LogP contribution is 2.16. The molecule has 0 fully saturated rings. The zero-order valence-electron chi connectivity index (χ0n) is 10.7. The van der Waals surface area contributed by atoms with Crippen LogP contribution in [-0.4, -0.2) is 26.9 Å². The lowest BCUT2D eigenvalue weighted by molar-refractivity contribution is 0.585. The number of sulfonamides is 1. The van der Waals surface area contributed by atoms with Crippen LogP contribution in [0.4, 0.5) is 5.69 Å². The number of nitrogens with one attached hydrogen (secondary N) is 1. The number of aliphatic imine (C=N–C) groups is 2.